The Hall–Kier alpha value is -2.22. The molecule has 0 aliphatic rings. The number of nitrogens with zero attached hydrogens (tertiary/aromatic N) is 2. The number of aromatic nitrogens is 3. The van der Waals surface area contributed by atoms with Crippen LogP contribution in [0.1, 0.15) is 6.42 Å². The van der Waals surface area contributed by atoms with Gasteiger partial charge < -0.3 is 11.1 Å². The van der Waals surface area contributed by atoms with Crippen molar-refractivity contribution in [1.82, 2.24) is 14.8 Å². The lowest BCUT2D eigenvalue weighted by Crippen LogP contribution is -2.14. The number of carbonyl (C=O) groups is 1. The van der Waals surface area contributed by atoms with Crippen molar-refractivity contribution in [2.24, 2.45) is 7.05 Å². The van der Waals surface area contributed by atoms with E-state index in [-0.39, 0.29) is 11.6 Å². The van der Waals surface area contributed by atoms with Gasteiger partial charge in [-0.3, -0.25) is 9.36 Å². The fraction of sp³-hybridized carbons (Fsp3) is 0.250. The van der Waals surface area contributed by atoms with E-state index in [1.54, 1.807) is 31.3 Å². The lowest BCUT2D eigenvalue weighted by Gasteiger charge is -2.07. The van der Waals surface area contributed by atoms with E-state index >= 15 is 0 Å². The summed E-state index contributed by atoms with van der Waals surface area (Å²) < 4.78 is 1.40. The van der Waals surface area contributed by atoms with Crippen LogP contribution in [-0.2, 0) is 11.8 Å². The molecule has 0 spiro atoms. The topological polar surface area (TPSA) is 106 Å². The number of carbonyl (C=O) groups excluding carboxylic acids is 1. The first-order valence-electron chi connectivity index (χ1n) is 5.96. The van der Waals surface area contributed by atoms with Gasteiger partial charge in [0.25, 0.3) is 0 Å². The molecule has 1 amide bonds. The van der Waals surface area contributed by atoms with Gasteiger partial charge in [-0.1, -0.05) is 23.9 Å². The van der Waals surface area contributed by atoms with Crippen molar-refractivity contribution < 1.29 is 4.79 Å². The van der Waals surface area contributed by atoms with Crippen molar-refractivity contribution in [3.63, 3.8) is 0 Å². The number of nitrogens with two attached hydrogens (primary N) is 1. The van der Waals surface area contributed by atoms with E-state index in [9.17, 15) is 9.59 Å². The number of H-pyrrole nitrogens is 1. The van der Waals surface area contributed by atoms with E-state index in [4.69, 9.17) is 5.73 Å². The van der Waals surface area contributed by atoms with Crippen LogP contribution in [0.15, 0.2) is 34.2 Å². The average Bonchev–Trinajstić information content (AvgIpc) is 2.73. The van der Waals surface area contributed by atoms with Crippen LogP contribution >= 0.6 is 11.8 Å². The smallest absolute Gasteiger partial charge is 0.343 e. The minimum Gasteiger partial charge on any atom is -0.397 e. The molecule has 0 bridgehead atoms. The minimum atomic E-state index is -0.269. The molecule has 20 heavy (non-hydrogen) atoms. The summed E-state index contributed by atoms with van der Waals surface area (Å²) in [6, 6.07) is 7.08. The quantitative estimate of drug-likeness (QED) is 0.559. The standard InChI is InChI=1S/C12H15N5O2S/c1-17-11(19)15-16-12(17)20-7-6-10(18)14-9-5-3-2-4-8(9)13/h2-5H,6-7,13H2,1H3,(H,14,18)(H,15,19). The first kappa shape index (κ1) is 14.2. The normalized spacial score (nSPS) is 10.4. The molecule has 1 heterocycles. The third-order valence-electron chi connectivity index (χ3n) is 2.63. The molecule has 1 aromatic carbocycles. The van der Waals surface area contributed by atoms with E-state index in [0.717, 1.165) is 0 Å². The Kier molecular flexibility index (Phi) is 4.46. The molecule has 0 saturated carbocycles. The zero-order valence-corrected chi connectivity index (χ0v) is 11.7. The van der Waals surface area contributed by atoms with Gasteiger partial charge >= 0.3 is 5.69 Å². The number of amides is 1. The van der Waals surface area contributed by atoms with Gasteiger partial charge in [0, 0.05) is 19.2 Å². The van der Waals surface area contributed by atoms with Crippen LogP contribution in [0.3, 0.4) is 0 Å². The van der Waals surface area contributed by atoms with Crippen LogP contribution in [0.5, 0.6) is 0 Å². The fourth-order valence-corrected chi connectivity index (χ4v) is 2.38. The van der Waals surface area contributed by atoms with Crippen LogP contribution in [0.2, 0.25) is 0 Å². The van der Waals surface area contributed by atoms with E-state index in [1.165, 1.54) is 16.3 Å². The highest BCUT2D eigenvalue weighted by atomic mass is 32.2. The molecule has 0 aliphatic heterocycles. The summed E-state index contributed by atoms with van der Waals surface area (Å²) in [5.74, 6) is 0.396. The summed E-state index contributed by atoms with van der Waals surface area (Å²) in [6.45, 7) is 0. The number of nitrogens with one attached hydrogen (secondary N) is 2. The van der Waals surface area contributed by atoms with E-state index in [1.807, 2.05) is 0 Å². The maximum Gasteiger partial charge on any atom is 0.343 e. The predicted octanol–water partition coefficient (Wildman–Crippen LogP) is 0.811. The number of anilines is 2. The van der Waals surface area contributed by atoms with Gasteiger partial charge in [0.1, 0.15) is 0 Å². The lowest BCUT2D eigenvalue weighted by molar-refractivity contribution is -0.115. The van der Waals surface area contributed by atoms with Gasteiger partial charge in [-0.25, -0.2) is 9.89 Å². The maximum atomic E-state index is 11.8. The molecule has 0 unspecified atom stereocenters. The third-order valence-corrected chi connectivity index (χ3v) is 3.67. The molecular weight excluding hydrogens is 278 g/mol. The van der Waals surface area contributed by atoms with Gasteiger partial charge in [-0.05, 0) is 12.1 Å². The second-order valence-electron chi connectivity index (χ2n) is 4.10. The third kappa shape index (κ3) is 3.41. The SMILES string of the molecule is Cn1c(SCCC(=O)Nc2ccccc2N)n[nH]c1=O. The number of thioether (sulfide) groups is 1. The summed E-state index contributed by atoms with van der Waals surface area (Å²) >= 11 is 1.34. The average molecular weight is 293 g/mol. The van der Waals surface area contributed by atoms with E-state index in [0.29, 0.717) is 28.7 Å². The van der Waals surface area contributed by atoms with Crippen molar-refractivity contribution in [3.05, 3.63) is 34.7 Å². The van der Waals surface area contributed by atoms with Gasteiger partial charge in [-0.2, -0.15) is 0 Å². The second-order valence-corrected chi connectivity index (χ2v) is 5.17. The van der Waals surface area contributed by atoms with Gasteiger partial charge in [0.2, 0.25) is 5.91 Å². The lowest BCUT2D eigenvalue weighted by atomic mass is 10.2. The first-order chi connectivity index (χ1) is 9.58. The van der Waals surface area contributed by atoms with E-state index < -0.39 is 0 Å². The van der Waals surface area contributed by atoms with Crippen LogP contribution in [0, 0.1) is 0 Å². The minimum absolute atomic E-state index is 0.129. The molecule has 0 radical (unpaired) electrons. The highest BCUT2D eigenvalue weighted by Crippen LogP contribution is 2.18. The molecule has 0 fully saturated rings. The Morgan fingerprint density at radius 2 is 2.25 bits per heavy atom. The Bertz CT molecular complexity index is 664. The number of rotatable bonds is 5. The van der Waals surface area contributed by atoms with Crippen molar-refractivity contribution in [2.75, 3.05) is 16.8 Å². The number of nitrogen functional groups attached to an aromatic ring is 1. The number of aromatic amines is 1. The van der Waals surface area contributed by atoms with Crippen molar-refractivity contribution in [3.8, 4) is 0 Å². The molecule has 4 N–H and O–H groups in total. The number of para-hydroxylation sites is 2. The zero-order chi connectivity index (χ0) is 14.5. The summed E-state index contributed by atoms with van der Waals surface area (Å²) in [4.78, 5) is 22.9. The summed E-state index contributed by atoms with van der Waals surface area (Å²) in [5, 5.41) is 9.49. The molecule has 106 valence electrons. The second kappa shape index (κ2) is 6.29. The predicted molar refractivity (Wildman–Crippen MR) is 78.7 cm³/mol. The Morgan fingerprint density at radius 3 is 2.90 bits per heavy atom. The van der Waals surface area contributed by atoms with Gasteiger partial charge in [0.15, 0.2) is 5.16 Å². The molecular formula is C12H15N5O2S. The summed E-state index contributed by atoms with van der Waals surface area (Å²) in [7, 11) is 1.62. The molecule has 2 aromatic rings. The Balaban J connectivity index is 1.83. The number of hydrogen-bond acceptors (Lipinski definition) is 5. The number of hydrogen-bond donors (Lipinski definition) is 3. The molecule has 1 aromatic heterocycles. The molecule has 0 aliphatic carbocycles. The van der Waals surface area contributed by atoms with Crippen molar-refractivity contribution in [2.45, 2.75) is 11.6 Å². The molecule has 8 heteroatoms. The summed E-state index contributed by atoms with van der Waals surface area (Å²) in [5.41, 5.74) is 6.61. The van der Waals surface area contributed by atoms with Crippen molar-refractivity contribution >= 4 is 29.0 Å². The first-order valence-corrected chi connectivity index (χ1v) is 6.95. The summed E-state index contributed by atoms with van der Waals surface area (Å²) in [6.07, 6.45) is 0.306. The fourth-order valence-electron chi connectivity index (χ4n) is 1.52. The van der Waals surface area contributed by atoms with Crippen LogP contribution in [0.25, 0.3) is 0 Å². The highest BCUT2D eigenvalue weighted by Gasteiger charge is 2.08. The van der Waals surface area contributed by atoms with Crippen LogP contribution in [-0.4, -0.2) is 26.4 Å². The van der Waals surface area contributed by atoms with Gasteiger partial charge in [-0.15, -0.1) is 5.10 Å². The Morgan fingerprint density at radius 1 is 1.50 bits per heavy atom. The van der Waals surface area contributed by atoms with Crippen LogP contribution in [0.4, 0.5) is 11.4 Å². The maximum absolute atomic E-state index is 11.8. The van der Waals surface area contributed by atoms with Crippen LogP contribution < -0.4 is 16.7 Å². The van der Waals surface area contributed by atoms with Gasteiger partial charge in [0.05, 0.1) is 11.4 Å². The van der Waals surface area contributed by atoms with Crippen molar-refractivity contribution in [1.29, 1.82) is 0 Å². The Labute approximate surface area is 119 Å². The zero-order valence-electron chi connectivity index (χ0n) is 10.9. The monoisotopic (exact) mass is 293 g/mol. The molecule has 2 rings (SSSR count). The largest absolute Gasteiger partial charge is 0.397 e. The molecule has 0 atom stereocenters. The van der Waals surface area contributed by atoms with E-state index in [2.05, 4.69) is 15.5 Å². The molecule has 7 nitrogen and oxygen atoms in total. The highest BCUT2D eigenvalue weighted by molar-refractivity contribution is 7.99. The number of benzene rings is 1. The molecule has 0 saturated heterocycles.